The number of hydrogen-bond acceptors (Lipinski definition) is 2. The number of carbonyl (C=O) groups excluding carboxylic acids is 1. The predicted molar refractivity (Wildman–Crippen MR) is 70.0 cm³/mol. The van der Waals surface area contributed by atoms with Crippen LogP contribution in [-0.2, 0) is 4.79 Å². The molecule has 3 nitrogen and oxygen atoms in total. The first-order chi connectivity index (χ1) is 7.27. The van der Waals surface area contributed by atoms with E-state index in [1.165, 1.54) is 12.8 Å². The lowest BCUT2D eigenvalue weighted by Crippen LogP contribution is -2.32. The van der Waals surface area contributed by atoms with E-state index in [0.29, 0.717) is 11.8 Å². The summed E-state index contributed by atoms with van der Waals surface area (Å²) in [5, 5.41) is 3.38. The lowest BCUT2D eigenvalue weighted by atomic mass is 9.96. The fraction of sp³-hybridized carbons (Fsp3) is 0.917. The Balaban J connectivity index is 0.00000225. The molecule has 1 fully saturated rings. The van der Waals surface area contributed by atoms with Crippen LogP contribution in [0.25, 0.3) is 0 Å². The summed E-state index contributed by atoms with van der Waals surface area (Å²) in [5.74, 6) is 0.944. The minimum atomic E-state index is 0. The van der Waals surface area contributed by atoms with Gasteiger partial charge in [-0.2, -0.15) is 0 Å². The Morgan fingerprint density at radius 3 is 2.56 bits per heavy atom. The van der Waals surface area contributed by atoms with E-state index in [0.717, 1.165) is 39.0 Å². The van der Waals surface area contributed by atoms with Crippen LogP contribution in [0.4, 0.5) is 0 Å². The van der Waals surface area contributed by atoms with Gasteiger partial charge in [-0.05, 0) is 52.1 Å². The SMILES string of the molecule is CCN(CC)C(=O)CC1CCCNCC1.Cl. The summed E-state index contributed by atoms with van der Waals surface area (Å²) in [6.45, 7) is 8.00. The van der Waals surface area contributed by atoms with Crippen LogP contribution >= 0.6 is 12.4 Å². The number of nitrogens with zero attached hydrogens (tertiary/aromatic N) is 1. The van der Waals surface area contributed by atoms with Gasteiger partial charge in [0.25, 0.3) is 0 Å². The summed E-state index contributed by atoms with van der Waals surface area (Å²) in [6.07, 6.45) is 4.34. The van der Waals surface area contributed by atoms with Crippen molar-refractivity contribution in [2.75, 3.05) is 26.2 Å². The van der Waals surface area contributed by atoms with Crippen molar-refractivity contribution in [1.29, 1.82) is 0 Å². The second kappa shape index (κ2) is 8.82. The lowest BCUT2D eigenvalue weighted by molar-refractivity contribution is -0.131. The van der Waals surface area contributed by atoms with Crippen LogP contribution in [0.5, 0.6) is 0 Å². The minimum absolute atomic E-state index is 0. The third-order valence-electron chi connectivity index (χ3n) is 3.27. The second-order valence-electron chi connectivity index (χ2n) is 4.32. The van der Waals surface area contributed by atoms with Gasteiger partial charge in [0.05, 0.1) is 0 Å². The van der Waals surface area contributed by atoms with Crippen LogP contribution < -0.4 is 5.32 Å². The van der Waals surface area contributed by atoms with Crippen molar-refractivity contribution in [3.05, 3.63) is 0 Å². The van der Waals surface area contributed by atoms with Crippen LogP contribution in [0, 0.1) is 5.92 Å². The molecular formula is C12H25ClN2O. The number of nitrogens with one attached hydrogen (secondary N) is 1. The highest BCUT2D eigenvalue weighted by molar-refractivity contribution is 5.85. The van der Waals surface area contributed by atoms with Crippen molar-refractivity contribution >= 4 is 18.3 Å². The molecule has 1 N–H and O–H groups in total. The van der Waals surface area contributed by atoms with Crippen molar-refractivity contribution in [2.45, 2.75) is 39.5 Å². The molecule has 1 rings (SSSR count). The van der Waals surface area contributed by atoms with E-state index < -0.39 is 0 Å². The second-order valence-corrected chi connectivity index (χ2v) is 4.32. The van der Waals surface area contributed by atoms with Gasteiger partial charge in [0, 0.05) is 19.5 Å². The Hall–Kier alpha value is -0.280. The molecule has 0 bridgehead atoms. The van der Waals surface area contributed by atoms with Crippen molar-refractivity contribution in [1.82, 2.24) is 10.2 Å². The summed E-state index contributed by atoms with van der Waals surface area (Å²) in [4.78, 5) is 13.8. The number of rotatable bonds is 4. The summed E-state index contributed by atoms with van der Waals surface area (Å²) < 4.78 is 0. The van der Waals surface area contributed by atoms with Crippen molar-refractivity contribution in [3.63, 3.8) is 0 Å². The third-order valence-corrected chi connectivity index (χ3v) is 3.27. The summed E-state index contributed by atoms with van der Waals surface area (Å²) in [6, 6.07) is 0. The fourth-order valence-corrected chi connectivity index (χ4v) is 2.25. The average Bonchev–Trinajstić information content (AvgIpc) is 2.48. The molecule has 1 aliphatic rings. The van der Waals surface area contributed by atoms with Gasteiger partial charge in [-0.15, -0.1) is 12.4 Å². The summed E-state index contributed by atoms with van der Waals surface area (Å²) >= 11 is 0. The van der Waals surface area contributed by atoms with Crippen LogP contribution in [0.3, 0.4) is 0 Å². The first-order valence-electron chi connectivity index (χ1n) is 6.26. The molecule has 1 amide bonds. The molecule has 0 aromatic carbocycles. The quantitative estimate of drug-likeness (QED) is 0.826. The maximum Gasteiger partial charge on any atom is 0.222 e. The van der Waals surface area contributed by atoms with E-state index in [9.17, 15) is 4.79 Å². The van der Waals surface area contributed by atoms with Gasteiger partial charge in [-0.1, -0.05) is 0 Å². The summed E-state index contributed by atoms with van der Waals surface area (Å²) in [5.41, 5.74) is 0. The number of hydrogen-bond donors (Lipinski definition) is 1. The maximum absolute atomic E-state index is 11.9. The van der Waals surface area contributed by atoms with E-state index in [2.05, 4.69) is 19.2 Å². The standard InChI is InChI=1S/C12H24N2O.ClH/c1-3-14(4-2)12(15)10-11-6-5-8-13-9-7-11;/h11,13H,3-10H2,1-2H3;1H. The molecule has 4 heteroatoms. The topological polar surface area (TPSA) is 32.3 Å². The third kappa shape index (κ3) is 5.17. The number of halogens is 1. The van der Waals surface area contributed by atoms with E-state index >= 15 is 0 Å². The first-order valence-corrected chi connectivity index (χ1v) is 6.26. The molecule has 1 heterocycles. The minimum Gasteiger partial charge on any atom is -0.343 e. The molecular weight excluding hydrogens is 224 g/mol. The fourth-order valence-electron chi connectivity index (χ4n) is 2.25. The van der Waals surface area contributed by atoms with Gasteiger partial charge in [0.2, 0.25) is 5.91 Å². The lowest BCUT2D eigenvalue weighted by Gasteiger charge is -2.21. The zero-order chi connectivity index (χ0) is 11.1. The molecule has 0 radical (unpaired) electrons. The van der Waals surface area contributed by atoms with Gasteiger partial charge in [-0.3, -0.25) is 4.79 Å². The molecule has 1 unspecified atom stereocenters. The predicted octanol–water partition coefficient (Wildman–Crippen LogP) is 2.06. The van der Waals surface area contributed by atoms with Gasteiger partial charge in [-0.25, -0.2) is 0 Å². The van der Waals surface area contributed by atoms with E-state index in [-0.39, 0.29) is 12.4 Å². The van der Waals surface area contributed by atoms with Crippen LogP contribution in [-0.4, -0.2) is 37.0 Å². The number of amides is 1. The molecule has 16 heavy (non-hydrogen) atoms. The smallest absolute Gasteiger partial charge is 0.222 e. The molecule has 0 spiro atoms. The van der Waals surface area contributed by atoms with E-state index in [1.54, 1.807) is 0 Å². The van der Waals surface area contributed by atoms with Crippen molar-refractivity contribution in [3.8, 4) is 0 Å². The molecule has 96 valence electrons. The van der Waals surface area contributed by atoms with Gasteiger partial charge in [0.15, 0.2) is 0 Å². The highest BCUT2D eigenvalue weighted by Gasteiger charge is 2.18. The molecule has 0 aromatic rings. The molecule has 1 aliphatic heterocycles. The van der Waals surface area contributed by atoms with Gasteiger partial charge >= 0.3 is 0 Å². The van der Waals surface area contributed by atoms with E-state index in [4.69, 9.17) is 0 Å². The number of carbonyl (C=O) groups is 1. The molecule has 1 atom stereocenters. The maximum atomic E-state index is 11.9. The zero-order valence-corrected chi connectivity index (χ0v) is 11.3. The largest absolute Gasteiger partial charge is 0.343 e. The Morgan fingerprint density at radius 1 is 1.25 bits per heavy atom. The Labute approximate surface area is 105 Å². The Kier molecular flexibility index (Phi) is 8.67. The van der Waals surface area contributed by atoms with Crippen molar-refractivity contribution in [2.24, 2.45) is 5.92 Å². The Bertz CT molecular complexity index is 187. The normalized spacial score (nSPS) is 20.8. The molecule has 1 saturated heterocycles. The highest BCUT2D eigenvalue weighted by atomic mass is 35.5. The molecule has 0 aromatic heterocycles. The average molecular weight is 249 g/mol. The van der Waals surface area contributed by atoms with Gasteiger partial charge < -0.3 is 10.2 Å². The summed E-state index contributed by atoms with van der Waals surface area (Å²) in [7, 11) is 0. The monoisotopic (exact) mass is 248 g/mol. The highest BCUT2D eigenvalue weighted by Crippen LogP contribution is 2.18. The van der Waals surface area contributed by atoms with E-state index in [1.807, 2.05) is 4.90 Å². The van der Waals surface area contributed by atoms with Crippen LogP contribution in [0.2, 0.25) is 0 Å². The van der Waals surface area contributed by atoms with Crippen LogP contribution in [0.1, 0.15) is 39.5 Å². The van der Waals surface area contributed by atoms with Crippen LogP contribution in [0.15, 0.2) is 0 Å². The molecule has 0 aliphatic carbocycles. The van der Waals surface area contributed by atoms with Crippen molar-refractivity contribution < 1.29 is 4.79 Å². The first kappa shape index (κ1) is 15.7. The zero-order valence-electron chi connectivity index (χ0n) is 10.5. The van der Waals surface area contributed by atoms with Gasteiger partial charge in [0.1, 0.15) is 0 Å². The Morgan fingerprint density at radius 2 is 1.94 bits per heavy atom. The molecule has 0 saturated carbocycles.